The first-order chi connectivity index (χ1) is 26.5. The maximum absolute atomic E-state index is 9.58. The molecule has 0 fully saturated rings. The van der Waals surface area contributed by atoms with E-state index in [9.17, 15) is 8.22 Å². The molecule has 0 bridgehead atoms. The molecule has 0 amide bonds. The number of rotatable bonds is 4. The zero-order valence-electron chi connectivity index (χ0n) is 33.8. The van der Waals surface area contributed by atoms with Crippen LogP contribution in [0.5, 0.6) is 0 Å². The molecule has 1 heteroatoms. The normalized spacial score (nSPS) is 14.7. The Bertz CT molecular complexity index is 3000. The molecule has 0 aliphatic rings. The Morgan fingerprint density at radius 3 is 1.38 bits per heavy atom. The Labute approximate surface area is 275 Å². The van der Waals surface area contributed by atoms with Crippen molar-refractivity contribution in [3.05, 3.63) is 170 Å². The van der Waals surface area contributed by atoms with Crippen LogP contribution in [0.4, 0.5) is 0 Å². The molecule has 210 valence electrons. The second-order valence-corrected chi connectivity index (χ2v) is 10.8. The van der Waals surface area contributed by atoms with Crippen LogP contribution in [0.1, 0.15) is 13.7 Å². The van der Waals surface area contributed by atoms with Crippen LogP contribution in [0.15, 0.2) is 174 Å². The Hall–Kier alpha value is -5.92. The van der Waals surface area contributed by atoms with E-state index in [2.05, 4.69) is 0 Å². The Balaban J connectivity index is 1.38. The Morgan fingerprint density at radius 1 is 0.311 bits per heavy atom. The smallest absolute Gasteiger partial charge is 0.136 e. The highest BCUT2D eigenvalue weighted by Crippen LogP contribution is 2.45. The summed E-state index contributed by atoms with van der Waals surface area (Å²) in [5, 5.41) is 2.39. The average Bonchev–Trinajstić information content (AvgIpc) is 3.62. The molecule has 1 nitrogen and oxygen atoms in total. The van der Waals surface area contributed by atoms with E-state index in [1.807, 2.05) is 36.4 Å². The standard InChI is InChI=1S/C44H28O/c1-3-11-29(12-4-1)31-19-21-32(22-20-31)43-36-15-7-9-17-38(36)44(39-18-10-8-16-37(39)43)34-23-25-35-40-27-33(30-13-5-2-6-14-30)24-26-41(40)45-42(35)28-34/h1-28H/i19D,20D,21D,22D,23D,24D,25D,26D,27D,28D. The van der Waals surface area contributed by atoms with Gasteiger partial charge < -0.3 is 4.42 Å². The van der Waals surface area contributed by atoms with E-state index >= 15 is 0 Å². The van der Waals surface area contributed by atoms with Gasteiger partial charge in [0.15, 0.2) is 0 Å². The number of benzene rings is 8. The fourth-order valence-electron chi connectivity index (χ4n) is 6.12. The highest BCUT2D eigenvalue weighted by Gasteiger charge is 2.18. The van der Waals surface area contributed by atoms with Gasteiger partial charge >= 0.3 is 0 Å². The lowest BCUT2D eigenvalue weighted by Crippen LogP contribution is -1.91. The molecular formula is C44H28O. The molecule has 1 aromatic heterocycles. The van der Waals surface area contributed by atoms with Gasteiger partial charge in [-0.3, -0.25) is 0 Å². The van der Waals surface area contributed by atoms with Gasteiger partial charge in [0.05, 0.1) is 13.7 Å². The molecule has 0 atom stereocenters. The quantitative estimate of drug-likeness (QED) is 0.188. The predicted octanol–water partition coefficient (Wildman–Crippen LogP) is 12.6. The molecule has 0 saturated heterocycles. The second-order valence-electron chi connectivity index (χ2n) is 10.8. The third-order valence-electron chi connectivity index (χ3n) is 8.19. The fourth-order valence-corrected chi connectivity index (χ4v) is 6.12. The van der Waals surface area contributed by atoms with E-state index in [1.54, 1.807) is 72.8 Å². The van der Waals surface area contributed by atoms with Crippen LogP contribution in [0.2, 0.25) is 0 Å². The lowest BCUT2D eigenvalue weighted by Gasteiger charge is -2.18. The second kappa shape index (κ2) is 10.4. The SMILES string of the molecule is [2H]c1c([2H])c(-c2c3ccccc3c(-c3c([2H])c([2H])c4c(oc5c([2H])c([2H])c(-c6ccccc6)c([2H])c54)c3[2H])c3ccccc23)c([2H])c([2H])c1-c1ccccc1. The molecule has 1 heterocycles. The first-order valence-corrected chi connectivity index (χ1v) is 14.6. The van der Waals surface area contributed by atoms with Crippen molar-refractivity contribution in [2.45, 2.75) is 0 Å². The van der Waals surface area contributed by atoms with Crippen molar-refractivity contribution in [1.29, 1.82) is 0 Å². The molecule has 0 radical (unpaired) electrons. The van der Waals surface area contributed by atoms with Gasteiger partial charge in [-0.25, -0.2) is 0 Å². The van der Waals surface area contributed by atoms with Crippen molar-refractivity contribution in [2.24, 2.45) is 0 Å². The van der Waals surface area contributed by atoms with Gasteiger partial charge in [0.2, 0.25) is 0 Å². The van der Waals surface area contributed by atoms with Crippen molar-refractivity contribution < 1.29 is 18.1 Å². The van der Waals surface area contributed by atoms with Crippen molar-refractivity contribution in [3.63, 3.8) is 0 Å². The number of hydrogen-bond acceptors (Lipinski definition) is 1. The summed E-state index contributed by atoms with van der Waals surface area (Å²) in [6.07, 6.45) is 0. The van der Waals surface area contributed by atoms with Gasteiger partial charge in [-0.2, -0.15) is 0 Å². The third-order valence-corrected chi connectivity index (χ3v) is 8.19. The molecule has 45 heavy (non-hydrogen) atoms. The summed E-state index contributed by atoms with van der Waals surface area (Å²) in [7, 11) is 0. The van der Waals surface area contributed by atoms with Crippen LogP contribution in [0.3, 0.4) is 0 Å². The Kier molecular flexibility index (Phi) is 4.01. The first-order valence-electron chi connectivity index (χ1n) is 19.6. The van der Waals surface area contributed by atoms with E-state index in [1.165, 1.54) is 0 Å². The van der Waals surface area contributed by atoms with Crippen LogP contribution < -0.4 is 0 Å². The summed E-state index contributed by atoms with van der Waals surface area (Å²) in [6.45, 7) is 0. The third kappa shape index (κ3) is 4.24. The van der Waals surface area contributed by atoms with Gasteiger partial charge in [0, 0.05) is 10.8 Å². The summed E-state index contributed by atoms with van der Waals surface area (Å²) in [5.41, 5.74) is 2.45. The zero-order valence-corrected chi connectivity index (χ0v) is 23.8. The highest BCUT2D eigenvalue weighted by molar-refractivity contribution is 6.22. The first kappa shape index (κ1) is 17.4. The molecule has 9 aromatic rings. The molecule has 9 rings (SSSR count). The molecule has 0 aliphatic heterocycles. The monoisotopic (exact) mass is 582 g/mol. The number of hydrogen-bond donors (Lipinski definition) is 0. The maximum Gasteiger partial charge on any atom is 0.136 e. The Morgan fingerprint density at radius 2 is 0.778 bits per heavy atom. The number of fused-ring (bicyclic) bond motifs is 5. The van der Waals surface area contributed by atoms with E-state index in [-0.39, 0.29) is 105 Å². The number of furan rings is 1. The topological polar surface area (TPSA) is 13.1 Å². The molecule has 0 saturated carbocycles. The van der Waals surface area contributed by atoms with Crippen LogP contribution >= 0.6 is 0 Å². The van der Waals surface area contributed by atoms with Crippen LogP contribution in [-0.2, 0) is 0 Å². The molecule has 0 unspecified atom stereocenters. The lowest BCUT2D eigenvalue weighted by molar-refractivity contribution is 0.669. The van der Waals surface area contributed by atoms with E-state index in [4.69, 9.17) is 9.90 Å². The largest absolute Gasteiger partial charge is 0.456 e. The van der Waals surface area contributed by atoms with Gasteiger partial charge in [0.1, 0.15) is 11.2 Å². The highest BCUT2D eigenvalue weighted by atomic mass is 16.3. The minimum atomic E-state index is -0.294. The molecule has 0 aliphatic carbocycles. The van der Waals surface area contributed by atoms with Crippen LogP contribution in [-0.4, -0.2) is 0 Å². The van der Waals surface area contributed by atoms with Crippen molar-refractivity contribution in [2.75, 3.05) is 0 Å². The van der Waals surface area contributed by atoms with E-state index in [0.717, 1.165) is 0 Å². The average molecular weight is 583 g/mol. The summed E-state index contributed by atoms with van der Waals surface area (Å²) >= 11 is 0. The lowest BCUT2D eigenvalue weighted by atomic mass is 9.85. The van der Waals surface area contributed by atoms with Crippen molar-refractivity contribution in [1.82, 2.24) is 0 Å². The zero-order chi connectivity index (χ0) is 38.4. The van der Waals surface area contributed by atoms with Gasteiger partial charge in [-0.05, 0) is 90.2 Å². The summed E-state index contributed by atoms with van der Waals surface area (Å²) in [6, 6.07) is 30.0. The van der Waals surface area contributed by atoms with Crippen LogP contribution in [0, 0.1) is 0 Å². The van der Waals surface area contributed by atoms with E-state index < -0.39 is 0 Å². The maximum atomic E-state index is 9.58. The minimum Gasteiger partial charge on any atom is -0.456 e. The summed E-state index contributed by atoms with van der Waals surface area (Å²) < 4.78 is 98.0. The van der Waals surface area contributed by atoms with Gasteiger partial charge in [-0.15, -0.1) is 0 Å². The summed E-state index contributed by atoms with van der Waals surface area (Å²) in [4.78, 5) is 0. The summed E-state index contributed by atoms with van der Waals surface area (Å²) in [5.74, 6) is 0. The molecule has 0 spiro atoms. The molecule has 8 aromatic carbocycles. The molecule has 0 N–H and O–H groups in total. The fraction of sp³-hybridized carbons (Fsp3) is 0. The molecular weight excluding hydrogens is 544 g/mol. The minimum absolute atomic E-state index is 0.0526. The van der Waals surface area contributed by atoms with Gasteiger partial charge in [0.25, 0.3) is 0 Å². The van der Waals surface area contributed by atoms with Gasteiger partial charge in [-0.1, -0.05) is 145 Å². The van der Waals surface area contributed by atoms with Crippen molar-refractivity contribution >= 4 is 43.5 Å². The van der Waals surface area contributed by atoms with Crippen molar-refractivity contribution in [3.8, 4) is 44.5 Å². The van der Waals surface area contributed by atoms with E-state index in [0.29, 0.717) is 43.8 Å². The predicted molar refractivity (Wildman–Crippen MR) is 190 cm³/mol. The van der Waals surface area contributed by atoms with Crippen LogP contribution in [0.25, 0.3) is 88.0 Å².